The van der Waals surface area contributed by atoms with Crippen LogP contribution in [-0.2, 0) is 10.3 Å². The van der Waals surface area contributed by atoms with E-state index < -0.39 is 40.3 Å². The number of amides is 1. The third-order valence-corrected chi connectivity index (χ3v) is 5.81. The standard InChI is InChI=1S/C18H14F4N4O2S.ClH/c19-9-3-13(21)14(24-5-9)15(27)25-10-1-2-12(20)11(4-10)18-7-28-6-17(18,22)8-29-16(23)26-18;/h1-5H,6-8H2,(H2,23,26)(H,25,27);1H/t17-,18-;/m1./s1. The number of anilines is 1. The Labute approximate surface area is 178 Å². The number of halogens is 5. The maximum atomic E-state index is 15.5. The number of benzene rings is 1. The number of amidine groups is 1. The van der Waals surface area contributed by atoms with Crippen LogP contribution in [0, 0.1) is 17.5 Å². The first-order valence-corrected chi connectivity index (χ1v) is 9.40. The summed E-state index contributed by atoms with van der Waals surface area (Å²) in [6, 6.07) is 3.96. The summed E-state index contributed by atoms with van der Waals surface area (Å²) >= 11 is 1.01. The van der Waals surface area contributed by atoms with Crippen LogP contribution >= 0.6 is 24.2 Å². The molecule has 1 aromatic carbocycles. The molecule has 2 atom stereocenters. The van der Waals surface area contributed by atoms with E-state index in [9.17, 15) is 18.0 Å². The topological polar surface area (TPSA) is 89.6 Å². The number of hydrogen-bond donors (Lipinski definition) is 2. The van der Waals surface area contributed by atoms with Crippen molar-refractivity contribution in [3.63, 3.8) is 0 Å². The number of fused-ring (bicyclic) bond motifs is 1. The Kier molecular flexibility index (Phi) is 5.99. The van der Waals surface area contributed by atoms with E-state index in [2.05, 4.69) is 15.3 Å². The Balaban J connectivity index is 0.00000256. The summed E-state index contributed by atoms with van der Waals surface area (Å²) in [5.41, 5.74) is 1.33. The van der Waals surface area contributed by atoms with Gasteiger partial charge in [-0.3, -0.25) is 4.79 Å². The summed E-state index contributed by atoms with van der Waals surface area (Å²) in [5, 5.41) is 2.44. The van der Waals surface area contributed by atoms with Crippen molar-refractivity contribution in [2.24, 2.45) is 10.7 Å². The summed E-state index contributed by atoms with van der Waals surface area (Å²) < 4.78 is 62.3. The van der Waals surface area contributed by atoms with Crippen molar-refractivity contribution in [3.8, 4) is 0 Å². The van der Waals surface area contributed by atoms with Gasteiger partial charge in [0, 0.05) is 23.1 Å². The second kappa shape index (κ2) is 8.05. The van der Waals surface area contributed by atoms with Gasteiger partial charge in [-0.05, 0) is 18.2 Å². The number of carbonyl (C=O) groups is 1. The van der Waals surface area contributed by atoms with Gasteiger partial charge in [-0.25, -0.2) is 27.5 Å². The summed E-state index contributed by atoms with van der Waals surface area (Å²) in [6.45, 7) is -0.509. The van der Waals surface area contributed by atoms with E-state index >= 15 is 4.39 Å². The largest absolute Gasteiger partial charge is 0.379 e. The van der Waals surface area contributed by atoms with Crippen molar-refractivity contribution in [2.75, 3.05) is 24.3 Å². The zero-order valence-electron chi connectivity index (χ0n) is 15.1. The molecule has 1 amide bonds. The lowest BCUT2D eigenvalue weighted by Gasteiger charge is -2.38. The number of nitrogens with zero attached hydrogens (tertiary/aromatic N) is 2. The molecule has 4 rings (SSSR count). The van der Waals surface area contributed by atoms with E-state index in [0.29, 0.717) is 12.3 Å². The minimum Gasteiger partial charge on any atom is -0.379 e. The van der Waals surface area contributed by atoms with Crippen LogP contribution in [0.2, 0.25) is 0 Å². The first-order valence-electron chi connectivity index (χ1n) is 8.41. The summed E-state index contributed by atoms with van der Waals surface area (Å²) in [7, 11) is 0. The number of alkyl halides is 1. The zero-order valence-corrected chi connectivity index (χ0v) is 16.8. The second-order valence-electron chi connectivity index (χ2n) is 6.69. The molecule has 1 fully saturated rings. The fraction of sp³-hybridized carbons (Fsp3) is 0.278. The van der Waals surface area contributed by atoms with Gasteiger partial charge in [-0.2, -0.15) is 0 Å². The minimum atomic E-state index is -1.99. The minimum absolute atomic E-state index is 0. The average Bonchev–Trinajstić information content (AvgIpc) is 3.00. The molecule has 1 saturated heterocycles. The molecule has 3 heterocycles. The Morgan fingerprint density at radius 3 is 2.70 bits per heavy atom. The number of nitrogens with two attached hydrogens (primary N) is 1. The van der Waals surface area contributed by atoms with E-state index in [1.807, 2.05) is 0 Å². The molecular formula is C18H15ClF4N4O2S. The van der Waals surface area contributed by atoms with E-state index in [1.54, 1.807) is 0 Å². The number of pyridine rings is 1. The normalized spacial score (nSPS) is 25.1. The van der Waals surface area contributed by atoms with Gasteiger partial charge < -0.3 is 15.8 Å². The molecule has 0 saturated carbocycles. The number of rotatable bonds is 3. The number of aliphatic imine (C=N–C) groups is 1. The van der Waals surface area contributed by atoms with Crippen LogP contribution in [0.4, 0.5) is 23.2 Å². The van der Waals surface area contributed by atoms with Gasteiger partial charge in [0.15, 0.2) is 27.9 Å². The molecule has 2 aliphatic heterocycles. The smallest absolute Gasteiger partial charge is 0.277 e. The van der Waals surface area contributed by atoms with Gasteiger partial charge in [-0.15, -0.1) is 12.4 Å². The Morgan fingerprint density at radius 1 is 1.20 bits per heavy atom. The molecule has 2 aliphatic rings. The summed E-state index contributed by atoms with van der Waals surface area (Å²) in [5.74, 6) is -3.90. The highest BCUT2D eigenvalue weighted by molar-refractivity contribution is 8.13. The van der Waals surface area contributed by atoms with Crippen LogP contribution in [0.15, 0.2) is 35.5 Å². The molecule has 30 heavy (non-hydrogen) atoms. The molecule has 0 spiro atoms. The summed E-state index contributed by atoms with van der Waals surface area (Å²) in [6.07, 6.45) is 0.692. The third kappa shape index (κ3) is 3.61. The van der Waals surface area contributed by atoms with Crippen molar-refractivity contribution >= 4 is 40.9 Å². The van der Waals surface area contributed by atoms with Crippen LogP contribution in [0.25, 0.3) is 0 Å². The van der Waals surface area contributed by atoms with E-state index in [1.165, 1.54) is 12.1 Å². The predicted octanol–water partition coefficient (Wildman–Crippen LogP) is 3.17. The van der Waals surface area contributed by atoms with Gasteiger partial charge in [0.1, 0.15) is 11.6 Å². The van der Waals surface area contributed by atoms with Gasteiger partial charge in [0.25, 0.3) is 5.91 Å². The van der Waals surface area contributed by atoms with Crippen LogP contribution in [0.1, 0.15) is 16.1 Å². The predicted molar refractivity (Wildman–Crippen MR) is 106 cm³/mol. The first-order chi connectivity index (χ1) is 13.7. The van der Waals surface area contributed by atoms with Crippen LogP contribution in [-0.4, -0.2) is 40.7 Å². The van der Waals surface area contributed by atoms with Crippen molar-refractivity contribution in [2.45, 2.75) is 11.2 Å². The van der Waals surface area contributed by atoms with Crippen LogP contribution in [0.5, 0.6) is 0 Å². The highest BCUT2D eigenvalue weighted by atomic mass is 35.5. The number of hydrogen-bond acceptors (Lipinski definition) is 6. The Bertz CT molecular complexity index is 1040. The molecule has 1 aromatic heterocycles. The zero-order chi connectivity index (χ0) is 20.8. The first kappa shape index (κ1) is 22.3. The molecule has 2 aromatic rings. The van der Waals surface area contributed by atoms with E-state index in [0.717, 1.165) is 17.8 Å². The molecule has 12 heteroatoms. The van der Waals surface area contributed by atoms with E-state index in [-0.39, 0.29) is 47.8 Å². The maximum Gasteiger partial charge on any atom is 0.277 e. The quantitative estimate of drug-likeness (QED) is 0.684. The van der Waals surface area contributed by atoms with Crippen molar-refractivity contribution in [3.05, 3.63) is 59.2 Å². The molecule has 0 unspecified atom stereocenters. The number of ether oxygens (including phenoxy) is 1. The lowest BCUT2D eigenvalue weighted by atomic mass is 9.79. The fourth-order valence-corrected chi connectivity index (χ4v) is 4.30. The Hall–Kier alpha value is -2.37. The number of nitrogens with one attached hydrogen (secondary N) is 1. The second-order valence-corrected chi connectivity index (χ2v) is 7.69. The molecule has 0 bridgehead atoms. The lowest BCUT2D eigenvalue weighted by Crippen LogP contribution is -2.52. The third-order valence-electron chi connectivity index (χ3n) is 4.83. The monoisotopic (exact) mass is 462 g/mol. The lowest BCUT2D eigenvalue weighted by molar-refractivity contribution is 0.101. The van der Waals surface area contributed by atoms with Gasteiger partial charge in [0.05, 0.1) is 19.4 Å². The maximum absolute atomic E-state index is 15.5. The van der Waals surface area contributed by atoms with E-state index in [4.69, 9.17) is 10.5 Å². The molecular weight excluding hydrogens is 448 g/mol. The van der Waals surface area contributed by atoms with Gasteiger partial charge in [-0.1, -0.05) is 11.8 Å². The number of carbonyl (C=O) groups excluding carboxylic acids is 1. The highest BCUT2D eigenvalue weighted by Crippen LogP contribution is 2.50. The number of thioether (sulfide) groups is 1. The highest BCUT2D eigenvalue weighted by Gasteiger charge is 2.61. The van der Waals surface area contributed by atoms with Crippen LogP contribution < -0.4 is 11.1 Å². The van der Waals surface area contributed by atoms with Crippen molar-refractivity contribution < 1.29 is 27.1 Å². The van der Waals surface area contributed by atoms with Gasteiger partial charge in [0.2, 0.25) is 0 Å². The SMILES string of the molecule is Cl.NC1=N[C@@]2(c3cc(NC(=O)c4ncc(F)cc4F)ccc3F)COC[C@@]2(F)CS1. The van der Waals surface area contributed by atoms with Crippen molar-refractivity contribution in [1.82, 2.24) is 4.98 Å². The summed E-state index contributed by atoms with van der Waals surface area (Å²) in [4.78, 5) is 19.9. The average molecular weight is 463 g/mol. The molecule has 3 N–H and O–H groups in total. The van der Waals surface area contributed by atoms with Gasteiger partial charge >= 0.3 is 0 Å². The number of aromatic nitrogens is 1. The van der Waals surface area contributed by atoms with Crippen molar-refractivity contribution in [1.29, 1.82) is 0 Å². The Morgan fingerprint density at radius 2 is 1.97 bits per heavy atom. The van der Waals surface area contributed by atoms with Crippen LogP contribution in [0.3, 0.4) is 0 Å². The molecule has 0 radical (unpaired) electrons. The molecule has 6 nitrogen and oxygen atoms in total. The molecule has 160 valence electrons. The fourth-order valence-electron chi connectivity index (χ4n) is 3.38. The molecule has 0 aliphatic carbocycles.